The Morgan fingerprint density at radius 2 is 0.873 bits per heavy atom. The number of likely N-dealkylation sites (tertiary alicyclic amines) is 2. The molecule has 0 aromatic heterocycles. The summed E-state index contributed by atoms with van der Waals surface area (Å²) in [5.74, 6) is -0.780. The molecule has 2 heterocycles. The van der Waals surface area contributed by atoms with E-state index in [1.54, 1.807) is 0 Å². The number of aromatic hydroxyl groups is 2. The van der Waals surface area contributed by atoms with Gasteiger partial charge in [-0.15, -0.1) is 0 Å². The van der Waals surface area contributed by atoms with Crippen LogP contribution in [0.25, 0.3) is 0 Å². The van der Waals surface area contributed by atoms with Crippen molar-refractivity contribution in [3.8, 4) is 11.5 Å². The lowest BCUT2D eigenvalue weighted by Gasteiger charge is -2.53. The van der Waals surface area contributed by atoms with Crippen molar-refractivity contribution in [2.24, 2.45) is 5.41 Å². The van der Waals surface area contributed by atoms with Gasteiger partial charge in [0.05, 0.1) is 0 Å². The van der Waals surface area contributed by atoms with Crippen LogP contribution in [0.15, 0.2) is 24.3 Å². The molecule has 2 fully saturated rings. The smallest absolute Gasteiger partial charge is 0.324 e. The van der Waals surface area contributed by atoms with E-state index in [-0.39, 0.29) is 46.5 Å². The minimum Gasteiger partial charge on any atom is -0.507 e. The van der Waals surface area contributed by atoms with E-state index >= 15 is 9.59 Å². The van der Waals surface area contributed by atoms with E-state index in [4.69, 9.17) is 9.47 Å². The summed E-state index contributed by atoms with van der Waals surface area (Å²) in [5, 5.41) is 22.5. The Morgan fingerprint density at radius 1 is 0.600 bits per heavy atom. The predicted octanol–water partition coefficient (Wildman–Crippen LogP) is 9.47. The molecule has 0 aliphatic carbocycles. The number of aryl methyl sites for hydroxylation is 2. The Balaban J connectivity index is 1.98. The van der Waals surface area contributed by atoms with Crippen LogP contribution in [-0.4, -0.2) is 80.4 Å². The molecule has 55 heavy (non-hydrogen) atoms. The SMILES string of the molecule is Cc1cc(CC(Cc2cc(C)c(O)c(C(C)(C)C)c2)(C(=O)OC2CC(C)(C)N(C)C(C)(C)C2)C(=O)OC2CC(C)(C)N(C)C(C)(C)C2)cc(C(C)(C)C)c1O. The Labute approximate surface area is 333 Å². The molecule has 0 saturated carbocycles. The number of phenols is 2. The predicted molar refractivity (Wildman–Crippen MR) is 223 cm³/mol. The van der Waals surface area contributed by atoms with Crippen molar-refractivity contribution in [1.82, 2.24) is 9.80 Å². The molecule has 308 valence electrons. The van der Waals surface area contributed by atoms with Crippen LogP contribution in [0.3, 0.4) is 0 Å². The third-order valence-electron chi connectivity index (χ3n) is 13.2. The van der Waals surface area contributed by atoms with Crippen LogP contribution in [0.4, 0.5) is 0 Å². The zero-order chi connectivity index (χ0) is 42.1. The first-order chi connectivity index (χ1) is 24.7. The van der Waals surface area contributed by atoms with Crippen molar-refractivity contribution < 1.29 is 29.3 Å². The highest BCUT2D eigenvalue weighted by atomic mass is 16.6. The topological polar surface area (TPSA) is 99.5 Å². The molecule has 2 aromatic rings. The fourth-order valence-electron chi connectivity index (χ4n) is 9.44. The molecule has 0 unspecified atom stereocenters. The summed E-state index contributed by atoms with van der Waals surface area (Å²) in [6.07, 6.45) is 1.61. The number of nitrogens with zero attached hydrogens (tertiary/aromatic N) is 2. The van der Waals surface area contributed by atoms with Crippen LogP contribution < -0.4 is 0 Å². The van der Waals surface area contributed by atoms with E-state index in [0.717, 1.165) is 22.3 Å². The number of phenolic OH excluding ortho intramolecular Hbond substituents is 2. The van der Waals surface area contributed by atoms with Crippen molar-refractivity contribution >= 4 is 11.9 Å². The average molecular weight is 763 g/mol. The first kappa shape index (κ1) is 44.6. The van der Waals surface area contributed by atoms with Crippen LogP contribution in [0.1, 0.15) is 156 Å². The molecule has 0 bridgehead atoms. The quantitative estimate of drug-likeness (QED) is 0.203. The number of benzene rings is 2. The maximum absolute atomic E-state index is 15.5. The third-order valence-corrected chi connectivity index (χ3v) is 13.2. The van der Waals surface area contributed by atoms with Gasteiger partial charge >= 0.3 is 11.9 Å². The second kappa shape index (κ2) is 14.7. The first-order valence-corrected chi connectivity index (χ1v) is 20.3. The van der Waals surface area contributed by atoms with Crippen LogP contribution in [0, 0.1) is 19.3 Å². The number of piperidine rings is 2. The highest BCUT2D eigenvalue weighted by molar-refractivity contribution is 6.01. The van der Waals surface area contributed by atoms with Gasteiger partial charge < -0.3 is 19.7 Å². The minimum atomic E-state index is -1.79. The summed E-state index contributed by atoms with van der Waals surface area (Å²) in [4.78, 5) is 35.6. The van der Waals surface area contributed by atoms with Gasteiger partial charge in [0.25, 0.3) is 0 Å². The molecule has 0 atom stereocenters. The Kier molecular flexibility index (Phi) is 11.9. The van der Waals surface area contributed by atoms with Crippen molar-refractivity contribution in [2.75, 3.05) is 14.1 Å². The summed E-state index contributed by atoms with van der Waals surface area (Å²) >= 11 is 0. The lowest BCUT2D eigenvalue weighted by Crippen LogP contribution is -2.61. The molecule has 8 heteroatoms. The third kappa shape index (κ3) is 9.22. The first-order valence-electron chi connectivity index (χ1n) is 20.3. The normalized spacial score (nSPS) is 21.0. The van der Waals surface area contributed by atoms with E-state index in [9.17, 15) is 10.2 Å². The number of carbonyl (C=O) groups is 2. The minimum absolute atomic E-state index is 0.0124. The Morgan fingerprint density at radius 3 is 1.13 bits per heavy atom. The van der Waals surface area contributed by atoms with Crippen LogP contribution in [0.5, 0.6) is 11.5 Å². The van der Waals surface area contributed by atoms with E-state index in [0.29, 0.717) is 36.8 Å². The van der Waals surface area contributed by atoms with Crippen molar-refractivity contribution in [3.05, 3.63) is 57.6 Å². The maximum Gasteiger partial charge on any atom is 0.324 e. The van der Waals surface area contributed by atoms with Gasteiger partial charge in [-0.25, -0.2) is 0 Å². The summed E-state index contributed by atoms with van der Waals surface area (Å²) in [7, 11) is 4.23. The van der Waals surface area contributed by atoms with Crippen LogP contribution in [0.2, 0.25) is 0 Å². The average Bonchev–Trinajstić information content (AvgIpc) is 2.99. The fourth-order valence-corrected chi connectivity index (χ4v) is 9.44. The highest BCUT2D eigenvalue weighted by Crippen LogP contribution is 2.45. The van der Waals surface area contributed by atoms with Crippen molar-refractivity contribution in [2.45, 2.75) is 194 Å². The molecule has 2 aliphatic heterocycles. The van der Waals surface area contributed by atoms with E-state index < -0.39 is 40.4 Å². The van der Waals surface area contributed by atoms with E-state index in [2.05, 4.69) is 79.3 Å². The molecular formula is C47H74N2O6. The zero-order valence-corrected chi connectivity index (χ0v) is 37.6. The largest absolute Gasteiger partial charge is 0.507 e. The number of hydrogen-bond acceptors (Lipinski definition) is 8. The summed E-state index contributed by atoms with van der Waals surface area (Å²) < 4.78 is 13.3. The van der Waals surface area contributed by atoms with Gasteiger partial charge in [-0.05, 0) is 140 Å². The van der Waals surface area contributed by atoms with Crippen molar-refractivity contribution in [1.29, 1.82) is 0 Å². The molecule has 0 amide bonds. The molecule has 2 aliphatic rings. The Bertz CT molecular complexity index is 1610. The van der Waals surface area contributed by atoms with Gasteiger partial charge in [-0.1, -0.05) is 65.8 Å². The summed E-state index contributed by atoms with van der Waals surface area (Å²) in [6, 6.07) is 7.63. The van der Waals surface area contributed by atoms with Crippen molar-refractivity contribution in [3.63, 3.8) is 0 Å². The number of carbonyl (C=O) groups excluding carboxylic acids is 2. The van der Waals surface area contributed by atoms with E-state index in [1.165, 1.54) is 0 Å². The number of ether oxygens (including phenoxy) is 2. The highest BCUT2D eigenvalue weighted by Gasteiger charge is 2.54. The Hall–Kier alpha value is -3.10. The molecule has 2 saturated heterocycles. The second-order valence-electron chi connectivity index (χ2n) is 21.8. The summed E-state index contributed by atoms with van der Waals surface area (Å²) in [6.45, 7) is 33.3. The van der Waals surface area contributed by atoms with Crippen LogP contribution in [-0.2, 0) is 42.7 Å². The molecule has 2 aromatic carbocycles. The zero-order valence-electron chi connectivity index (χ0n) is 37.6. The molecule has 8 nitrogen and oxygen atoms in total. The lowest BCUT2D eigenvalue weighted by atomic mass is 9.73. The maximum atomic E-state index is 15.5. The number of esters is 2. The molecular weight excluding hydrogens is 689 g/mol. The van der Waals surface area contributed by atoms with Gasteiger partial charge in [0.15, 0.2) is 5.41 Å². The van der Waals surface area contributed by atoms with Gasteiger partial charge in [-0.2, -0.15) is 0 Å². The van der Waals surface area contributed by atoms with Crippen LogP contribution >= 0.6 is 0 Å². The van der Waals surface area contributed by atoms with Gasteiger partial charge in [0, 0.05) is 47.8 Å². The van der Waals surface area contributed by atoms with E-state index in [1.807, 2.05) is 79.7 Å². The van der Waals surface area contributed by atoms with Gasteiger partial charge in [0.1, 0.15) is 23.7 Å². The molecule has 2 N–H and O–H groups in total. The van der Waals surface area contributed by atoms with Gasteiger partial charge in [-0.3, -0.25) is 19.4 Å². The van der Waals surface area contributed by atoms with Gasteiger partial charge in [0.2, 0.25) is 0 Å². The fraction of sp³-hybridized carbons (Fsp3) is 0.702. The molecule has 4 rings (SSSR count). The standard InChI is InChI=1S/C47H74N2O6/c1-29-19-31(21-35(37(29)50)41(3,4)5)23-47(24-32-20-30(2)38(51)36(22-32)42(6,7)8,39(52)54-33-25-43(9,10)48(17)44(11,12)26-33)40(53)55-34-27-45(13,14)49(18)46(15,16)28-34/h19-22,33-34,50-51H,23-28H2,1-18H3. The number of rotatable bonds is 8. The monoisotopic (exact) mass is 763 g/mol. The summed E-state index contributed by atoms with van der Waals surface area (Å²) in [5.41, 5.74) is 0.698. The number of hydrogen-bond donors (Lipinski definition) is 2. The molecule has 0 radical (unpaired) electrons. The second-order valence-corrected chi connectivity index (χ2v) is 21.8. The molecule has 0 spiro atoms. The lowest BCUT2D eigenvalue weighted by molar-refractivity contribution is -0.187.